The monoisotopic (exact) mass is 146 g/mol. The van der Waals surface area contributed by atoms with Crippen molar-refractivity contribution in [2.45, 2.75) is 40.5 Å². The summed E-state index contributed by atoms with van der Waals surface area (Å²) in [7, 11) is 0. The second kappa shape index (κ2) is 11.7. The summed E-state index contributed by atoms with van der Waals surface area (Å²) in [6.45, 7) is 10.2. The Kier molecular flexibility index (Phi) is 14.7. The number of hydrogen-bond donors (Lipinski definition) is 1. The van der Waals surface area contributed by atoms with E-state index in [4.69, 9.17) is 5.84 Å². The highest BCUT2D eigenvalue weighted by molar-refractivity contribution is 4.42. The van der Waals surface area contributed by atoms with E-state index in [-0.39, 0.29) is 0 Å². The normalized spacial score (nSPS) is 9.00. The maximum atomic E-state index is 5.49. The molecule has 10 heavy (non-hydrogen) atoms. The molecule has 2 heteroatoms. The third-order valence-corrected chi connectivity index (χ3v) is 1.21. The van der Waals surface area contributed by atoms with Gasteiger partial charge in [-0.2, -0.15) is 0 Å². The molecule has 0 amide bonds. The number of unbranched alkanes of at least 4 members (excludes halogenated alkanes) is 1. The molecule has 2 N–H and O–H groups in total. The zero-order valence-corrected chi connectivity index (χ0v) is 7.85. The predicted molar refractivity (Wildman–Crippen MR) is 47.7 cm³/mol. The van der Waals surface area contributed by atoms with Crippen molar-refractivity contribution >= 4 is 0 Å². The fourth-order valence-corrected chi connectivity index (χ4v) is 0.519. The largest absolute Gasteiger partial charge is 0.269 e. The Labute approximate surface area is 65.4 Å². The highest BCUT2D eigenvalue weighted by Crippen LogP contribution is 1.86. The van der Waals surface area contributed by atoms with Gasteiger partial charge in [-0.15, -0.1) is 0 Å². The van der Waals surface area contributed by atoms with Gasteiger partial charge < -0.3 is 0 Å². The van der Waals surface area contributed by atoms with E-state index >= 15 is 0 Å². The maximum Gasteiger partial charge on any atom is 0.0128 e. The second-order valence-electron chi connectivity index (χ2n) is 1.98. The lowest BCUT2D eigenvalue weighted by atomic mass is 10.3. The SMILES string of the molecule is CC.CCCCN(N)CC. The Morgan fingerprint density at radius 1 is 1.20 bits per heavy atom. The summed E-state index contributed by atoms with van der Waals surface area (Å²) in [5, 5.41) is 1.84. The van der Waals surface area contributed by atoms with Crippen LogP contribution in [0.15, 0.2) is 0 Å². The van der Waals surface area contributed by atoms with Crippen LogP contribution in [0.3, 0.4) is 0 Å². The molecule has 2 nitrogen and oxygen atoms in total. The summed E-state index contributed by atoms with van der Waals surface area (Å²) in [4.78, 5) is 0. The number of rotatable bonds is 4. The van der Waals surface area contributed by atoms with E-state index < -0.39 is 0 Å². The van der Waals surface area contributed by atoms with Crippen LogP contribution < -0.4 is 5.84 Å². The van der Waals surface area contributed by atoms with Gasteiger partial charge in [-0.3, -0.25) is 5.84 Å². The lowest BCUT2D eigenvalue weighted by molar-refractivity contribution is 0.294. The average molecular weight is 146 g/mol. The predicted octanol–water partition coefficient (Wildman–Crippen LogP) is 2.01. The summed E-state index contributed by atoms with van der Waals surface area (Å²) in [6, 6.07) is 0. The van der Waals surface area contributed by atoms with Gasteiger partial charge in [0, 0.05) is 13.1 Å². The quantitative estimate of drug-likeness (QED) is 0.485. The van der Waals surface area contributed by atoms with E-state index in [0.717, 1.165) is 13.1 Å². The van der Waals surface area contributed by atoms with Gasteiger partial charge in [0.05, 0.1) is 0 Å². The zero-order valence-electron chi connectivity index (χ0n) is 7.85. The summed E-state index contributed by atoms with van der Waals surface area (Å²) >= 11 is 0. The molecule has 0 aliphatic heterocycles. The van der Waals surface area contributed by atoms with Crippen LogP contribution in [0.1, 0.15) is 40.5 Å². The number of hydrogen-bond acceptors (Lipinski definition) is 2. The standard InChI is InChI=1S/C6H16N2.C2H6/c1-3-5-6-8(7)4-2;1-2/h3-7H2,1-2H3;1-2H3. The Balaban J connectivity index is 0. The zero-order chi connectivity index (χ0) is 8.41. The minimum absolute atomic E-state index is 0.958. The maximum absolute atomic E-state index is 5.49. The van der Waals surface area contributed by atoms with Gasteiger partial charge >= 0.3 is 0 Å². The van der Waals surface area contributed by atoms with Crippen molar-refractivity contribution in [2.75, 3.05) is 13.1 Å². The van der Waals surface area contributed by atoms with Crippen molar-refractivity contribution in [3.63, 3.8) is 0 Å². The fraction of sp³-hybridized carbons (Fsp3) is 1.00. The van der Waals surface area contributed by atoms with E-state index in [1.807, 2.05) is 18.9 Å². The molecule has 0 atom stereocenters. The number of nitrogens with zero attached hydrogens (tertiary/aromatic N) is 1. The minimum Gasteiger partial charge on any atom is -0.269 e. The van der Waals surface area contributed by atoms with E-state index in [2.05, 4.69) is 13.8 Å². The molecule has 0 aromatic carbocycles. The highest BCUT2D eigenvalue weighted by atomic mass is 15.4. The molecule has 0 fully saturated rings. The smallest absolute Gasteiger partial charge is 0.0128 e. The van der Waals surface area contributed by atoms with Crippen LogP contribution in [-0.2, 0) is 0 Å². The first-order valence-electron chi connectivity index (χ1n) is 4.30. The molecular formula is C8H22N2. The molecule has 0 aromatic rings. The number of nitrogens with two attached hydrogens (primary N) is 1. The van der Waals surface area contributed by atoms with Gasteiger partial charge in [0.2, 0.25) is 0 Å². The van der Waals surface area contributed by atoms with Crippen molar-refractivity contribution in [3.05, 3.63) is 0 Å². The van der Waals surface area contributed by atoms with Crippen LogP contribution in [0.2, 0.25) is 0 Å². The van der Waals surface area contributed by atoms with Crippen molar-refractivity contribution in [2.24, 2.45) is 5.84 Å². The molecule has 0 saturated carbocycles. The second-order valence-corrected chi connectivity index (χ2v) is 1.98. The molecule has 64 valence electrons. The molecule has 0 bridgehead atoms. The van der Waals surface area contributed by atoms with E-state index in [9.17, 15) is 0 Å². The molecule has 0 spiro atoms. The minimum atomic E-state index is 0.958. The lowest BCUT2D eigenvalue weighted by Crippen LogP contribution is -2.31. The van der Waals surface area contributed by atoms with Crippen molar-refractivity contribution in [3.8, 4) is 0 Å². The Morgan fingerprint density at radius 2 is 1.70 bits per heavy atom. The topological polar surface area (TPSA) is 29.3 Å². The first-order valence-corrected chi connectivity index (χ1v) is 4.30. The average Bonchev–Trinajstić information content (AvgIpc) is 2.04. The van der Waals surface area contributed by atoms with Gasteiger partial charge in [0.25, 0.3) is 0 Å². The molecule has 0 unspecified atom stereocenters. The van der Waals surface area contributed by atoms with Crippen molar-refractivity contribution in [1.82, 2.24) is 5.01 Å². The Bertz CT molecular complexity index is 46.5. The molecule has 0 radical (unpaired) electrons. The Hall–Kier alpha value is -0.0800. The van der Waals surface area contributed by atoms with E-state index in [0.29, 0.717) is 0 Å². The molecule has 0 heterocycles. The third kappa shape index (κ3) is 10.8. The van der Waals surface area contributed by atoms with Crippen LogP contribution in [0, 0.1) is 0 Å². The van der Waals surface area contributed by atoms with Gasteiger partial charge in [-0.25, -0.2) is 5.01 Å². The molecule has 0 aliphatic rings. The third-order valence-electron chi connectivity index (χ3n) is 1.21. The summed E-state index contributed by atoms with van der Waals surface area (Å²) < 4.78 is 0. The van der Waals surface area contributed by atoms with Gasteiger partial charge in [-0.1, -0.05) is 34.1 Å². The fourth-order valence-electron chi connectivity index (χ4n) is 0.519. The van der Waals surface area contributed by atoms with Gasteiger partial charge in [0.1, 0.15) is 0 Å². The summed E-state index contributed by atoms with van der Waals surface area (Å²) in [6.07, 6.45) is 2.44. The molecule has 0 aliphatic carbocycles. The van der Waals surface area contributed by atoms with E-state index in [1.54, 1.807) is 0 Å². The first-order chi connectivity index (χ1) is 4.81. The molecule has 0 saturated heterocycles. The highest BCUT2D eigenvalue weighted by Gasteiger charge is 1.89. The summed E-state index contributed by atoms with van der Waals surface area (Å²) in [5.74, 6) is 5.49. The van der Waals surface area contributed by atoms with Crippen LogP contribution >= 0.6 is 0 Å². The van der Waals surface area contributed by atoms with Crippen LogP contribution in [0.4, 0.5) is 0 Å². The lowest BCUT2D eigenvalue weighted by Gasteiger charge is -2.11. The number of hydrazine groups is 1. The molecule has 0 rings (SSSR count). The van der Waals surface area contributed by atoms with Crippen molar-refractivity contribution < 1.29 is 0 Å². The molecular weight excluding hydrogens is 124 g/mol. The molecule has 0 aromatic heterocycles. The van der Waals surface area contributed by atoms with Gasteiger partial charge in [-0.05, 0) is 6.42 Å². The van der Waals surface area contributed by atoms with Gasteiger partial charge in [0.15, 0.2) is 0 Å². The van der Waals surface area contributed by atoms with Crippen molar-refractivity contribution in [1.29, 1.82) is 0 Å². The summed E-state index contributed by atoms with van der Waals surface area (Å²) in [5.41, 5.74) is 0. The first kappa shape index (κ1) is 12.6. The van der Waals surface area contributed by atoms with Crippen LogP contribution in [0.5, 0.6) is 0 Å². The Morgan fingerprint density at radius 3 is 2.00 bits per heavy atom. The van der Waals surface area contributed by atoms with Crippen LogP contribution in [-0.4, -0.2) is 18.1 Å². The van der Waals surface area contributed by atoms with E-state index in [1.165, 1.54) is 12.8 Å². The van der Waals surface area contributed by atoms with Crippen LogP contribution in [0.25, 0.3) is 0 Å².